The van der Waals surface area contributed by atoms with Gasteiger partial charge in [0.15, 0.2) is 0 Å². The van der Waals surface area contributed by atoms with E-state index < -0.39 is 0 Å². The van der Waals surface area contributed by atoms with Gasteiger partial charge in [0, 0.05) is 16.8 Å². The Labute approximate surface area is 179 Å². The van der Waals surface area contributed by atoms with Crippen LogP contribution in [0.15, 0.2) is 53.5 Å². The summed E-state index contributed by atoms with van der Waals surface area (Å²) >= 11 is 7.83. The average molecular weight is 425 g/mol. The third kappa shape index (κ3) is 4.36. The minimum Gasteiger partial charge on any atom is -0.495 e. The van der Waals surface area contributed by atoms with Gasteiger partial charge in [-0.2, -0.15) is 0 Å². The first kappa shape index (κ1) is 19.7. The van der Waals surface area contributed by atoms with E-state index in [4.69, 9.17) is 16.3 Å². The number of rotatable bonds is 5. The molecule has 2 aromatic carbocycles. The number of carbonyl (C=O) groups excluding carboxylic acids is 1. The summed E-state index contributed by atoms with van der Waals surface area (Å²) < 4.78 is 5.20. The largest absolute Gasteiger partial charge is 0.495 e. The van der Waals surface area contributed by atoms with Crippen molar-refractivity contribution < 1.29 is 9.53 Å². The number of ether oxygens (including phenoxy) is 1. The average Bonchev–Trinajstić information content (AvgIpc) is 3.11. The first-order chi connectivity index (χ1) is 14.2. The zero-order chi connectivity index (χ0) is 20.2. The van der Waals surface area contributed by atoms with E-state index in [0.717, 1.165) is 47.5 Å². The number of aryl methyl sites for hydroxylation is 1. The Morgan fingerprint density at radius 2 is 1.97 bits per heavy atom. The maximum Gasteiger partial charge on any atom is 0.259 e. The van der Waals surface area contributed by atoms with Gasteiger partial charge in [-0.3, -0.25) is 4.79 Å². The molecule has 1 aliphatic rings. The number of benzene rings is 2. The second-order valence-corrected chi connectivity index (χ2v) is 8.35. The second kappa shape index (κ2) is 8.80. The van der Waals surface area contributed by atoms with Crippen LogP contribution in [0.25, 0.3) is 0 Å². The van der Waals surface area contributed by atoms with Crippen LogP contribution in [-0.2, 0) is 12.8 Å². The van der Waals surface area contributed by atoms with Gasteiger partial charge in [-0.1, -0.05) is 29.8 Å². The monoisotopic (exact) mass is 424 g/mol. The molecule has 0 unspecified atom stereocenters. The predicted molar refractivity (Wildman–Crippen MR) is 121 cm³/mol. The van der Waals surface area contributed by atoms with Gasteiger partial charge < -0.3 is 10.1 Å². The van der Waals surface area contributed by atoms with Gasteiger partial charge in [-0.05, 0) is 67.1 Å². The fraction of sp³-hybridized carbons (Fsp3) is 0.217. The molecule has 1 aromatic heterocycles. The van der Waals surface area contributed by atoms with E-state index in [1.54, 1.807) is 30.7 Å². The maximum absolute atomic E-state index is 13.1. The molecule has 1 heterocycles. The van der Waals surface area contributed by atoms with Crippen LogP contribution in [0.2, 0.25) is 5.02 Å². The number of para-hydroxylation sites is 1. The van der Waals surface area contributed by atoms with E-state index in [1.807, 2.05) is 42.5 Å². The van der Waals surface area contributed by atoms with Crippen LogP contribution in [0.4, 0.5) is 10.7 Å². The van der Waals surface area contributed by atoms with Gasteiger partial charge in [0.05, 0.1) is 17.7 Å². The van der Waals surface area contributed by atoms with Gasteiger partial charge in [-0.25, -0.2) is 4.99 Å². The fourth-order valence-electron chi connectivity index (χ4n) is 3.49. The maximum atomic E-state index is 13.1. The molecule has 0 fully saturated rings. The minimum atomic E-state index is -0.101. The van der Waals surface area contributed by atoms with Crippen LogP contribution in [0.5, 0.6) is 5.75 Å². The molecule has 0 spiro atoms. The van der Waals surface area contributed by atoms with E-state index in [1.165, 1.54) is 4.88 Å². The number of hydrogen-bond acceptors (Lipinski definition) is 4. The van der Waals surface area contributed by atoms with Crippen molar-refractivity contribution in [1.82, 2.24) is 0 Å². The van der Waals surface area contributed by atoms with Crippen molar-refractivity contribution in [2.24, 2.45) is 4.99 Å². The summed E-state index contributed by atoms with van der Waals surface area (Å²) in [6.45, 7) is 0. The third-order valence-corrected chi connectivity index (χ3v) is 6.41. The number of halogens is 1. The molecule has 0 aliphatic heterocycles. The zero-order valence-corrected chi connectivity index (χ0v) is 17.6. The quantitative estimate of drug-likeness (QED) is 0.489. The van der Waals surface area contributed by atoms with Gasteiger partial charge in [0.25, 0.3) is 5.91 Å². The van der Waals surface area contributed by atoms with Gasteiger partial charge in [0.2, 0.25) is 0 Å². The highest BCUT2D eigenvalue weighted by Crippen LogP contribution is 2.40. The minimum absolute atomic E-state index is 0.101. The molecule has 0 saturated carbocycles. The summed E-state index contributed by atoms with van der Waals surface area (Å²) in [7, 11) is 1.59. The molecule has 1 aliphatic carbocycles. The molecule has 4 rings (SSSR count). The van der Waals surface area contributed by atoms with Crippen LogP contribution in [0.3, 0.4) is 0 Å². The zero-order valence-electron chi connectivity index (χ0n) is 16.1. The lowest BCUT2D eigenvalue weighted by Crippen LogP contribution is -2.14. The highest BCUT2D eigenvalue weighted by atomic mass is 35.5. The molecular formula is C23H21ClN2O2S. The number of nitrogens with one attached hydrogen (secondary N) is 1. The molecule has 4 nitrogen and oxygen atoms in total. The van der Waals surface area contributed by atoms with Crippen LogP contribution in [0, 0.1) is 0 Å². The molecule has 0 saturated heterocycles. The van der Waals surface area contributed by atoms with Gasteiger partial charge in [0.1, 0.15) is 10.8 Å². The van der Waals surface area contributed by atoms with E-state index in [0.29, 0.717) is 16.3 Å². The summed E-state index contributed by atoms with van der Waals surface area (Å²) in [5, 5.41) is 4.29. The van der Waals surface area contributed by atoms with Crippen molar-refractivity contribution >= 4 is 45.7 Å². The molecule has 0 atom stereocenters. The fourth-order valence-corrected chi connectivity index (χ4v) is 4.98. The smallest absolute Gasteiger partial charge is 0.259 e. The van der Waals surface area contributed by atoms with Crippen molar-refractivity contribution in [1.29, 1.82) is 0 Å². The van der Waals surface area contributed by atoms with Crippen LogP contribution >= 0.6 is 22.9 Å². The second-order valence-electron chi connectivity index (χ2n) is 6.86. The standard InChI is InChI=1S/C23H21ClN2O2S/c1-28-19-12-11-15(13-18(19)24)14-25-23-21(17-9-5-6-10-20(17)29-23)22(27)26-16-7-3-2-4-8-16/h2-4,7-8,11-14H,5-6,9-10H2,1H3,(H,26,27). The summed E-state index contributed by atoms with van der Waals surface area (Å²) in [5.74, 6) is 0.522. The van der Waals surface area contributed by atoms with Crippen LogP contribution in [0.1, 0.15) is 39.2 Å². The molecule has 1 amide bonds. The number of fused-ring (bicyclic) bond motifs is 1. The van der Waals surface area contributed by atoms with Crippen molar-refractivity contribution in [3.8, 4) is 5.75 Å². The Morgan fingerprint density at radius 3 is 2.72 bits per heavy atom. The van der Waals surface area contributed by atoms with E-state index in [2.05, 4.69) is 10.3 Å². The van der Waals surface area contributed by atoms with Crippen LogP contribution in [-0.4, -0.2) is 19.2 Å². The molecule has 0 bridgehead atoms. The van der Waals surface area contributed by atoms with Gasteiger partial charge >= 0.3 is 0 Å². The molecule has 3 aromatic rings. The number of anilines is 1. The van der Waals surface area contributed by atoms with E-state index in [-0.39, 0.29) is 5.91 Å². The van der Waals surface area contributed by atoms with E-state index >= 15 is 0 Å². The summed E-state index contributed by atoms with van der Waals surface area (Å²) in [5.41, 5.74) is 3.49. The molecule has 6 heteroatoms. The number of thiophene rings is 1. The van der Waals surface area contributed by atoms with E-state index in [9.17, 15) is 4.79 Å². The highest BCUT2D eigenvalue weighted by molar-refractivity contribution is 7.16. The molecule has 0 radical (unpaired) electrons. The lowest BCUT2D eigenvalue weighted by molar-refractivity contribution is 0.102. The number of aliphatic imine (C=N–C) groups is 1. The Morgan fingerprint density at radius 1 is 1.17 bits per heavy atom. The summed E-state index contributed by atoms with van der Waals surface area (Å²) in [6.07, 6.45) is 5.95. The number of amides is 1. The third-order valence-electron chi connectivity index (χ3n) is 4.92. The molecule has 1 N–H and O–H groups in total. The Balaban J connectivity index is 1.67. The number of nitrogens with zero attached hydrogens (tertiary/aromatic N) is 1. The van der Waals surface area contributed by atoms with Crippen molar-refractivity contribution in [3.05, 3.63) is 75.1 Å². The lowest BCUT2D eigenvalue weighted by atomic mass is 9.95. The Hall–Kier alpha value is -2.63. The van der Waals surface area contributed by atoms with Gasteiger partial charge in [-0.15, -0.1) is 11.3 Å². The Kier molecular flexibility index (Phi) is 5.97. The molecule has 148 valence electrons. The summed E-state index contributed by atoms with van der Waals surface area (Å²) in [4.78, 5) is 19.0. The molecule has 29 heavy (non-hydrogen) atoms. The number of carbonyl (C=O) groups is 1. The number of methoxy groups -OCH3 is 1. The van der Waals surface area contributed by atoms with Crippen molar-refractivity contribution in [2.45, 2.75) is 25.7 Å². The van der Waals surface area contributed by atoms with Crippen molar-refractivity contribution in [2.75, 3.05) is 12.4 Å². The van der Waals surface area contributed by atoms with Crippen molar-refractivity contribution in [3.63, 3.8) is 0 Å². The summed E-state index contributed by atoms with van der Waals surface area (Å²) in [6, 6.07) is 15.0. The molecular weight excluding hydrogens is 404 g/mol. The number of hydrogen-bond donors (Lipinski definition) is 1. The SMILES string of the molecule is COc1ccc(C=Nc2sc3c(c2C(=O)Nc2ccccc2)CCCC3)cc1Cl. The lowest BCUT2D eigenvalue weighted by Gasteiger charge is -2.12. The normalized spacial score (nSPS) is 13.3. The first-order valence-corrected chi connectivity index (χ1v) is 10.7. The van der Waals surface area contributed by atoms with Crippen LogP contribution < -0.4 is 10.1 Å². The predicted octanol–water partition coefficient (Wildman–Crippen LogP) is 6.29. The topological polar surface area (TPSA) is 50.7 Å². The highest BCUT2D eigenvalue weighted by Gasteiger charge is 2.25. The first-order valence-electron chi connectivity index (χ1n) is 9.54. The Bertz CT molecular complexity index is 1060.